The number of alkyl halides is 3. The normalized spacial score (nSPS) is 13.3. The first-order valence-corrected chi connectivity index (χ1v) is 5.46. The maximum absolute atomic E-state index is 12.6. The van der Waals surface area contributed by atoms with E-state index in [1.165, 1.54) is 6.07 Å². The van der Waals surface area contributed by atoms with Crippen molar-refractivity contribution in [2.24, 2.45) is 5.73 Å². The first kappa shape index (κ1) is 12.6. The molecule has 0 amide bonds. The standard InChI is InChI=1S/C14H12F3N/c15-14(16,17)12-8-4-7-11(9-12)13(18)10-5-2-1-3-6-10/h1-9,13H,18H2/t13-/m1/s1. The lowest BCUT2D eigenvalue weighted by atomic mass is 9.98. The second-order valence-corrected chi connectivity index (χ2v) is 4.01. The molecule has 1 nitrogen and oxygen atoms in total. The van der Waals surface area contributed by atoms with E-state index >= 15 is 0 Å². The smallest absolute Gasteiger partial charge is 0.320 e. The van der Waals surface area contributed by atoms with Gasteiger partial charge in [-0.15, -0.1) is 0 Å². The van der Waals surface area contributed by atoms with Crippen molar-refractivity contribution in [3.05, 3.63) is 71.3 Å². The molecule has 0 fully saturated rings. The number of nitrogens with two attached hydrogens (primary N) is 1. The quantitative estimate of drug-likeness (QED) is 0.864. The molecule has 2 aromatic rings. The molecule has 0 aliphatic heterocycles. The fraction of sp³-hybridized carbons (Fsp3) is 0.143. The van der Waals surface area contributed by atoms with Gasteiger partial charge in [0.05, 0.1) is 11.6 Å². The summed E-state index contributed by atoms with van der Waals surface area (Å²) < 4.78 is 37.8. The van der Waals surface area contributed by atoms with Gasteiger partial charge in [0, 0.05) is 0 Å². The summed E-state index contributed by atoms with van der Waals surface area (Å²) in [5.41, 5.74) is 6.53. The van der Waals surface area contributed by atoms with Crippen LogP contribution in [0.25, 0.3) is 0 Å². The third-order valence-corrected chi connectivity index (χ3v) is 2.73. The number of hydrogen-bond acceptors (Lipinski definition) is 1. The van der Waals surface area contributed by atoms with Crippen LogP contribution in [0.5, 0.6) is 0 Å². The van der Waals surface area contributed by atoms with E-state index in [0.29, 0.717) is 5.56 Å². The Morgan fingerprint density at radius 3 is 2.06 bits per heavy atom. The Balaban J connectivity index is 2.35. The van der Waals surface area contributed by atoms with Gasteiger partial charge in [0.2, 0.25) is 0 Å². The first-order chi connectivity index (χ1) is 8.48. The van der Waals surface area contributed by atoms with Crippen LogP contribution < -0.4 is 5.73 Å². The van der Waals surface area contributed by atoms with Crippen molar-refractivity contribution in [2.75, 3.05) is 0 Å². The first-order valence-electron chi connectivity index (χ1n) is 5.46. The zero-order valence-electron chi connectivity index (χ0n) is 9.48. The predicted octanol–water partition coefficient (Wildman–Crippen LogP) is 3.75. The van der Waals surface area contributed by atoms with Gasteiger partial charge in [-0.05, 0) is 23.3 Å². The minimum atomic E-state index is -4.34. The Bertz CT molecular complexity index is 520. The number of halogens is 3. The molecular weight excluding hydrogens is 239 g/mol. The summed E-state index contributed by atoms with van der Waals surface area (Å²) in [6.07, 6.45) is -4.34. The van der Waals surface area contributed by atoms with Gasteiger partial charge in [-0.1, -0.05) is 42.5 Å². The highest BCUT2D eigenvalue weighted by atomic mass is 19.4. The Morgan fingerprint density at radius 2 is 1.44 bits per heavy atom. The van der Waals surface area contributed by atoms with Crippen molar-refractivity contribution in [1.29, 1.82) is 0 Å². The molecule has 0 saturated heterocycles. The summed E-state index contributed by atoms with van der Waals surface area (Å²) in [7, 11) is 0. The van der Waals surface area contributed by atoms with Gasteiger partial charge in [0.1, 0.15) is 0 Å². The topological polar surface area (TPSA) is 26.0 Å². The molecule has 94 valence electrons. The zero-order valence-corrected chi connectivity index (χ0v) is 9.48. The molecule has 2 N–H and O–H groups in total. The average Bonchev–Trinajstić information content (AvgIpc) is 2.38. The molecule has 4 heteroatoms. The summed E-state index contributed by atoms with van der Waals surface area (Å²) in [6.45, 7) is 0. The van der Waals surface area contributed by atoms with Crippen LogP contribution in [0, 0.1) is 0 Å². The van der Waals surface area contributed by atoms with Gasteiger partial charge in [0.25, 0.3) is 0 Å². The minimum absolute atomic E-state index is 0.455. The van der Waals surface area contributed by atoms with Crippen molar-refractivity contribution < 1.29 is 13.2 Å². The van der Waals surface area contributed by atoms with Crippen molar-refractivity contribution in [1.82, 2.24) is 0 Å². The van der Waals surface area contributed by atoms with Crippen LogP contribution in [0.2, 0.25) is 0 Å². The maximum atomic E-state index is 12.6. The van der Waals surface area contributed by atoms with Gasteiger partial charge in [-0.2, -0.15) is 13.2 Å². The third-order valence-electron chi connectivity index (χ3n) is 2.73. The molecule has 2 rings (SSSR count). The Hall–Kier alpha value is -1.81. The van der Waals surface area contributed by atoms with Crippen LogP contribution in [0.4, 0.5) is 13.2 Å². The predicted molar refractivity (Wildman–Crippen MR) is 63.9 cm³/mol. The van der Waals surface area contributed by atoms with Gasteiger partial charge < -0.3 is 5.73 Å². The minimum Gasteiger partial charge on any atom is -0.320 e. The maximum Gasteiger partial charge on any atom is 0.416 e. The van der Waals surface area contributed by atoms with Crippen molar-refractivity contribution in [3.63, 3.8) is 0 Å². The highest BCUT2D eigenvalue weighted by molar-refractivity contribution is 5.34. The lowest BCUT2D eigenvalue weighted by Gasteiger charge is -2.14. The van der Waals surface area contributed by atoms with Crippen LogP contribution in [0.3, 0.4) is 0 Å². The Kier molecular flexibility index (Phi) is 3.39. The van der Waals surface area contributed by atoms with Gasteiger partial charge in [0.15, 0.2) is 0 Å². The summed E-state index contributed by atoms with van der Waals surface area (Å²) >= 11 is 0. The van der Waals surface area contributed by atoms with Gasteiger partial charge in [-0.25, -0.2) is 0 Å². The molecule has 0 aromatic heterocycles. The fourth-order valence-corrected chi connectivity index (χ4v) is 1.76. The van der Waals surface area contributed by atoms with Crippen LogP contribution >= 0.6 is 0 Å². The van der Waals surface area contributed by atoms with Gasteiger partial charge >= 0.3 is 6.18 Å². The number of rotatable bonds is 2. The van der Waals surface area contributed by atoms with Crippen molar-refractivity contribution in [3.8, 4) is 0 Å². The lowest BCUT2D eigenvalue weighted by molar-refractivity contribution is -0.137. The van der Waals surface area contributed by atoms with Gasteiger partial charge in [-0.3, -0.25) is 0 Å². The largest absolute Gasteiger partial charge is 0.416 e. The molecule has 18 heavy (non-hydrogen) atoms. The van der Waals surface area contributed by atoms with E-state index < -0.39 is 17.8 Å². The average molecular weight is 251 g/mol. The molecule has 0 spiro atoms. The van der Waals surface area contributed by atoms with E-state index in [-0.39, 0.29) is 0 Å². The van der Waals surface area contributed by atoms with E-state index in [1.807, 2.05) is 18.2 Å². The zero-order chi connectivity index (χ0) is 13.2. The number of benzene rings is 2. The van der Waals surface area contributed by atoms with E-state index in [4.69, 9.17) is 5.73 Å². The van der Waals surface area contributed by atoms with E-state index in [9.17, 15) is 13.2 Å². The second-order valence-electron chi connectivity index (χ2n) is 4.01. The monoisotopic (exact) mass is 251 g/mol. The Morgan fingerprint density at radius 1 is 0.833 bits per heavy atom. The van der Waals surface area contributed by atoms with Crippen LogP contribution in [-0.2, 0) is 6.18 Å². The summed E-state index contributed by atoms with van der Waals surface area (Å²) in [4.78, 5) is 0. The number of hydrogen-bond donors (Lipinski definition) is 1. The second kappa shape index (κ2) is 4.82. The highest BCUT2D eigenvalue weighted by Gasteiger charge is 2.30. The SMILES string of the molecule is N[C@H](c1ccccc1)c1cccc(C(F)(F)F)c1. The van der Waals surface area contributed by atoms with Crippen molar-refractivity contribution in [2.45, 2.75) is 12.2 Å². The van der Waals surface area contributed by atoms with Crippen LogP contribution in [0.1, 0.15) is 22.7 Å². The molecule has 2 aromatic carbocycles. The molecule has 0 bridgehead atoms. The summed E-state index contributed by atoms with van der Waals surface area (Å²) in [5.74, 6) is 0. The molecule has 0 aliphatic rings. The molecular formula is C14H12F3N. The molecule has 0 heterocycles. The van der Waals surface area contributed by atoms with E-state index in [1.54, 1.807) is 18.2 Å². The molecule has 1 atom stereocenters. The molecule has 0 saturated carbocycles. The highest BCUT2D eigenvalue weighted by Crippen LogP contribution is 2.31. The summed E-state index contributed by atoms with van der Waals surface area (Å²) in [5, 5.41) is 0. The van der Waals surface area contributed by atoms with Crippen LogP contribution in [0.15, 0.2) is 54.6 Å². The molecule has 0 aliphatic carbocycles. The molecule has 0 unspecified atom stereocenters. The summed E-state index contributed by atoms with van der Waals surface area (Å²) in [6, 6.07) is 13.6. The van der Waals surface area contributed by atoms with Crippen molar-refractivity contribution >= 4 is 0 Å². The van der Waals surface area contributed by atoms with Crippen LogP contribution in [-0.4, -0.2) is 0 Å². The Labute approximate surface area is 103 Å². The third kappa shape index (κ3) is 2.71. The van der Waals surface area contributed by atoms with E-state index in [0.717, 1.165) is 17.7 Å². The van der Waals surface area contributed by atoms with E-state index in [2.05, 4.69) is 0 Å². The lowest BCUT2D eigenvalue weighted by Crippen LogP contribution is -2.13. The molecule has 0 radical (unpaired) electrons. The fourth-order valence-electron chi connectivity index (χ4n) is 1.76.